The zero-order valence-corrected chi connectivity index (χ0v) is 18.5. The number of rotatable bonds is 2. The molecule has 2 atom stereocenters. The van der Waals surface area contributed by atoms with Crippen molar-refractivity contribution in [2.75, 3.05) is 0 Å². The molecular formula is C17H35AgBrN2. The van der Waals surface area contributed by atoms with E-state index in [0.717, 1.165) is 0 Å². The van der Waals surface area contributed by atoms with Crippen molar-refractivity contribution in [3.05, 3.63) is 6.67 Å². The van der Waals surface area contributed by atoms with Crippen LogP contribution < -0.4 is 17.0 Å². The molecule has 0 unspecified atom stereocenters. The topological polar surface area (TPSA) is 6.48 Å². The van der Waals surface area contributed by atoms with Crippen LogP contribution in [0.15, 0.2) is 0 Å². The molecule has 0 aromatic rings. The second-order valence-corrected chi connectivity index (χ2v) is 8.82. The van der Waals surface area contributed by atoms with E-state index in [1.54, 1.807) is 0 Å². The van der Waals surface area contributed by atoms with Crippen LogP contribution in [0.2, 0.25) is 0 Å². The van der Waals surface area contributed by atoms with Gasteiger partial charge in [-0.05, 0) is 38.5 Å². The third-order valence-electron chi connectivity index (χ3n) is 4.18. The fraction of sp³-hybridized carbons (Fsp3) is 0.941. The van der Waals surface area contributed by atoms with Crippen molar-refractivity contribution in [3.8, 4) is 0 Å². The summed E-state index contributed by atoms with van der Waals surface area (Å²) in [6.45, 7) is 25.9. The minimum Gasteiger partial charge on any atom is -1.00 e. The van der Waals surface area contributed by atoms with Crippen LogP contribution in [0, 0.1) is 17.5 Å². The molecule has 0 bridgehead atoms. The van der Waals surface area contributed by atoms with E-state index in [1.807, 2.05) is 0 Å². The average Bonchev–Trinajstić information content (AvgIpc) is 2.55. The smallest absolute Gasteiger partial charge is 1.00 e. The van der Waals surface area contributed by atoms with Gasteiger partial charge in [0.2, 0.25) is 0 Å². The fourth-order valence-corrected chi connectivity index (χ4v) is 3.37. The second-order valence-electron chi connectivity index (χ2n) is 8.82. The van der Waals surface area contributed by atoms with Gasteiger partial charge in [-0.2, -0.15) is 0 Å². The maximum atomic E-state index is 2.58. The molecule has 1 radical (unpaired) electrons. The molecule has 1 aliphatic heterocycles. The Morgan fingerprint density at radius 1 is 0.714 bits per heavy atom. The molecular weight excluding hydrogens is 420 g/mol. The van der Waals surface area contributed by atoms with Gasteiger partial charge in [0.1, 0.15) is 0 Å². The van der Waals surface area contributed by atoms with E-state index < -0.39 is 0 Å². The molecule has 1 aliphatic rings. The Bertz CT molecular complexity index is 275. The van der Waals surface area contributed by atoms with Crippen molar-refractivity contribution in [2.24, 2.45) is 10.8 Å². The third-order valence-corrected chi connectivity index (χ3v) is 4.18. The summed E-state index contributed by atoms with van der Waals surface area (Å²) in [6.07, 6.45) is 0. The maximum Gasteiger partial charge on any atom is 1.00 e. The van der Waals surface area contributed by atoms with Gasteiger partial charge in [-0.25, -0.2) is 0 Å². The van der Waals surface area contributed by atoms with Crippen LogP contribution in [0.3, 0.4) is 0 Å². The van der Waals surface area contributed by atoms with E-state index in [2.05, 4.69) is 85.7 Å². The number of nitrogens with zero attached hydrogens (tertiary/aromatic N) is 2. The van der Waals surface area contributed by atoms with E-state index in [4.69, 9.17) is 0 Å². The number of hydrogen-bond acceptors (Lipinski definition) is 2. The minimum atomic E-state index is 0. The van der Waals surface area contributed by atoms with E-state index in [9.17, 15) is 0 Å². The Hall–Kier alpha value is 1.14. The molecule has 0 aromatic carbocycles. The molecule has 0 aromatic heterocycles. The molecule has 1 rings (SSSR count). The van der Waals surface area contributed by atoms with Gasteiger partial charge in [0.15, 0.2) is 0 Å². The zero-order chi connectivity index (χ0) is 15.2. The Morgan fingerprint density at radius 3 is 1.10 bits per heavy atom. The van der Waals surface area contributed by atoms with Crippen molar-refractivity contribution < 1.29 is 39.4 Å². The molecule has 1 fully saturated rings. The third kappa shape index (κ3) is 5.61. The van der Waals surface area contributed by atoms with Crippen LogP contribution in [0.4, 0.5) is 0 Å². The van der Waals surface area contributed by atoms with Crippen LogP contribution in [0.1, 0.15) is 69.2 Å². The minimum absolute atomic E-state index is 0. The van der Waals surface area contributed by atoms with Gasteiger partial charge in [0.05, 0.1) is 6.67 Å². The van der Waals surface area contributed by atoms with Gasteiger partial charge in [-0.15, -0.1) is 0 Å². The molecule has 0 N–H and O–H groups in total. The normalized spacial score (nSPS) is 25.1. The van der Waals surface area contributed by atoms with Crippen molar-refractivity contribution in [3.63, 3.8) is 0 Å². The van der Waals surface area contributed by atoms with Crippen LogP contribution in [-0.2, 0) is 22.4 Å². The summed E-state index contributed by atoms with van der Waals surface area (Å²) in [5, 5.41) is 0. The monoisotopic (exact) mass is 453 g/mol. The first kappa shape index (κ1) is 24.4. The van der Waals surface area contributed by atoms with Gasteiger partial charge in [-0.3, -0.25) is 9.80 Å². The van der Waals surface area contributed by atoms with E-state index in [-0.39, 0.29) is 50.2 Å². The van der Waals surface area contributed by atoms with Crippen molar-refractivity contribution >= 4 is 0 Å². The molecule has 1 heterocycles. The van der Waals surface area contributed by atoms with Crippen LogP contribution in [-0.4, -0.2) is 34.0 Å². The van der Waals surface area contributed by atoms with E-state index in [1.165, 1.54) is 0 Å². The SMILES string of the molecule is CC(C)N1[CH]N(C(C)C)[C@H](C(C)(C)C)[C@H]1C(C)(C)C.[Ag+].[Br-]. The number of hydrogen-bond donors (Lipinski definition) is 0. The first-order valence-corrected chi connectivity index (χ1v) is 7.77. The molecule has 0 saturated carbocycles. The molecule has 0 amide bonds. The standard InChI is InChI=1S/C17H35N2.Ag.BrH/c1-12(2)18-11-19(13(3)4)15(17(8,9)10)14(18)16(5,6)7;;/h11-15H,1-10H3;;1H/q;+1;/p-1/t14-,15-;;/m0../s1. The van der Waals surface area contributed by atoms with Gasteiger partial charge in [0, 0.05) is 24.2 Å². The molecule has 4 heteroatoms. The van der Waals surface area contributed by atoms with Crippen molar-refractivity contribution in [2.45, 2.75) is 93.4 Å². The largest absolute Gasteiger partial charge is 1.00 e. The summed E-state index contributed by atoms with van der Waals surface area (Å²) in [4.78, 5) is 5.16. The first-order chi connectivity index (χ1) is 8.37. The van der Waals surface area contributed by atoms with Crippen LogP contribution in [0.25, 0.3) is 0 Å². The molecule has 0 aliphatic carbocycles. The Labute approximate surface area is 159 Å². The molecule has 2 nitrogen and oxygen atoms in total. The molecule has 131 valence electrons. The second kappa shape index (κ2) is 8.30. The predicted molar refractivity (Wildman–Crippen MR) is 84.7 cm³/mol. The Balaban J connectivity index is 0. The number of halogens is 1. The summed E-state index contributed by atoms with van der Waals surface area (Å²) in [5.74, 6) is 0. The first-order valence-electron chi connectivity index (χ1n) is 7.77. The fourth-order valence-electron chi connectivity index (χ4n) is 3.37. The van der Waals surface area contributed by atoms with Gasteiger partial charge in [-0.1, -0.05) is 41.5 Å². The summed E-state index contributed by atoms with van der Waals surface area (Å²) in [5.41, 5.74) is 0.560. The van der Waals surface area contributed by atoms with Crippen molar-refractivity contribution in [1.29, 1.82) is 0 Å². The maximum absolute atomic E-state index is 2.58. The molecule has 1 saturated heterocycles. The quantitative estimate of drug-likeness (QED) is 0.581. The zero-order valence-electron chi connectivity index (χ0n) is 15.5. The van der Waals surface area contributed by atoms with Gasteiger partial charge < -0.3 is 17.0 Å². The summed E-state index contributed by atoms with van der Waals surface area (Å²) in [7, 11) is 0. The summed E-state index contributed by atoms with van der Waals surface area (Å²) < 4.78 is 0. The van der Waals surface area contributed by atoms with Crippen LogP contribution >= 0.6 is 0 Å². The summed E-state index contributed by atoms with van der Waals surface area (Å²) >= 11 is 0. The van der Waals surface area contributed by atoms with Gasteiger partial charge in [0.25, 0.3) is 0 Å². The Morgan fingerprint density at radius 2 is 0.952 bits per heavy atom. The molecule has 21 heavy (non-hydrogen) atoms. The predicted octanol–water partition coefficient (Wildman–Crippen LogP) is 1.37. The Kier molecular flexibility index (Phi) is 9.64. The van der Waals surface area contributed by atoms with Crippen LogP contribution in [0.5, 0.6) is 0 Å². The molecule has 0 spiro atoms. The van der Waals surface area contributed by atoms with Crippen molar-refractivity contribution in [1.82, 2.24) is 9.80 Å². The van der Waals surface area contributed by atoms with E-state index >= 15 is 0 Å². The average molecular weight is 455 g/mol. The summed E-state index contributed by atoms with van der Waals surface area (Å²) in [6, 6.07) is 2.24. The van der Waals surface area contributed by atoms with E-state index in [0.29, 0.717) is 24.2 Å². The van der Waals surface area contributed by atoms with Gasteiger partial charge >= 0.3 is 22.4 Å².